The van der Waals surface area contributed by atoms with Gasteiger partial charge in [-0.05, 0) is 35.9 Å². The second kappa shape index (κ2) is 5.56. The minimum atomic E-state index is -1.44. The Balaban J connectivity index is 2.33. The third-order valence-electron chi connectivity index (χ3n) is 2.61. The van der Waals surface area contributed by atoms with E-state index < -0.39 is 23.8 Å². The van der Waals surface area contributed by atoms with E-state index in [2.05, 4.69) is 9.97 Å². The molecule has 1 aromatic heterocycles. The van der Waals surface area contributed by atoms with Crippen LogP contribution in [0, 0.1) is 11.6 Å². The van der Waals surface area contributed by atoms with Crippen molar-refractivity contribution in [2.24, 2.45) is 5.73 Å². The van der Waals surface area contributed by atoms with E-state index in [0.717, 1.165) is 18.2 Å². The normalized spacial score (nSPS) is 14.2. The van der Waals surface area contributed by atoms with Crippen LogP contribution < -0.4 is 5.73 Å². The Morgan fingerprint density at radius 3 is 2.68 bits per heavy atom. The standard InChI is InChI=1S/C12H10ClF2N3O/c13-12-17-4-3-9(18-12)10(16)11(19)7-5-6(14)1-2-8(7)15/h1-5,10-11,19H,16H2/t10-,11?/m1/s1. The van der Waals surface area contributed by atoms with E-state index in [0.29, 0.717) is 0 Å². The van der Waals surface area contributed by atoms with E-state index in [9.17, 15) is 13.9 Å². The molecule has 2 rings (SSSR count). The number of hydrogen-bond donors (Lipinski definition) is 2. The Labute approximate surface area is 112 Å². The maximum atomic E-state index is 13.5. The zero-order valence-corrected chi connectivity index (χ0v) is 10.4. The number of aliphatic hydroxyl groups is 1. The molecule has 0 radical (unpaired) electrons. The van der Waals surface area contributed by atoms with Gasteiger partial charge >= 0.3 is 0 Å². The first-order valence-corrected chi connectivity index (χ1v) is 5.74. The number of benzene rings is 1. The van der Waals surface area contributed by atoms with Crippen molar-refractivity contribution in [3.05, 3.63) is 58.6 Å². The maximum Gasteiger partial charge on any atom is 0.222 e. The Hall–Kier alpha value is -1.63. The van der Waals surface area contributed by atoms with Crippen LogP contribution in [0.5, 0.6) is 0 Å². The van der Waals surface area contributed by atoms with Gasteiger partial charge in [0.1, 0.15) is 17.7 Å². The van der Waals surface area contributed by atoms with Crippen molar-refractivity contribution in [1.82, 2.24) is 9.97 Å². The summed E-state index contributed by atoms with van der Waals surface area (Å²) in [4.78, 5) is 7.49. The zero-order valence-electron chi connectivity index (χ0n) is 9.59. The summed E-state index contributed by atoms with van der Waals surface area (Å²) in [6.07, 6.45) is -0.0826. The molecule has 19 heavy (non-hydrogen) atoms. The fourth-order valence-electron chi connectivity index (χ4n) is 1.63. The molecular weight excluding hydrogens is 276 g/mol. The van der Waals surface area contributed by atoms with Crippen molar-refractivity contribution >= 4 is 11.6 Å². The molecule has 7 heteroatoms. The summed E-state index contributed by atoms with van der Waals surface area (Å²) < 4.78 is 26.6. The number of nitrogens with zero attached hydrogens (tertiary/aromatic N) is 2. The first-order chi connectivity index (χ1) is 8.99. The molecule has 0 aliphatic heterocycles. The molecule has 0 bridgehead atoms. The van der Waals surface area contributed by atoms with Gasteiger partial charge in [-0.3, -0.25) is 0 Å². The summed E-state index contributed by atoms with van der Waals surface area (Å²) in [5, 5.41) is 9.96. The largest absolute Gasteiger partial charge is 0.386 e. The number of rotatable bonds is 3. The van der Waals surface area contributed by atoms with Crippen LogP contribution in [0.3, 0.4) is 0 Å². The summed E-state index contributed by atoms with van der Waals surface area (Å²) >= 11 is 5.60. The quantitative estimate of drug-likeness (QED) is 0.848. The van der Waals surface area contributed by atoms with Crippen molar-refractivity contribution < 1.29 is 13.9 Å². The van der Waals surface area contributed by atoms with Gasteiger partial charge in [0.05, 0.1) is 11.7 Å². The minimum absolute atomic E-state index is 0.0418. The molecule has 0 fully saturated rings. The van der Waals surface area contributed by atoms with Gasteiger partial charge in [0.15, 0.2) is 0 Å². The second-order valence-corrected chi connectivity index (χ2v) is 4.23. The van der Waals surface area contributed by atoms with Crippen LogP contribution in [0.1, 0.15) is 23.4 Å². The second-order valence-electron chi connectivity index (χ2n) is 3.89. The fraction of sp³-hybridized carbons (Fsp3) is 0.167. The molecule has 4 nitrogen and oxygen atoms in total. The van der Waals surface area contributed by atoms with Gasteiger partial charge < -0.3 is 10.8 Å². The third kappa shape index (κ3) is 3.04. The van der Waals surface area contributed by atoms with Crippen molar-refractivity contribution in [3.8, 4) is 0 Å². The number of aliphatic hydroxyl groups excluding tert-OH is 1. The highest BCUT2D eigenvalue weighted by atomic mass is 35.5. The van der Waals surface area contributed by atoms with Crippen molar-refractivity contribution in [1.29, 1.82) is 0 Å². The molecule has 3 N–H and O–H groups in total. The lowest BCUT2D eigenvalue weighted by molar-refractivity contribution is 0.140. The van der Waals surface area contributed by atoms with E-state index in [1.54, 1.807) is 0 Å². The number of hydrogen-bond acceptors (Lipinski definition) is 4. The lowest BCUT2D eigenvalue weighted by atomic mass is 10.00. The maximum absolute atomic E-state index is 13.5. The van der Waals surface area contributed by atoms with Crippen molar-refractivity contribution in [3.63, 3.8) is 0 Å². The molecule has 100 valence electrons. The van der Waals surface area contributed by atoms with Crippen LogP contribution in [0.4, 0.5) is 8.78 Å². The highest BCUT2D eigenvalue weighted by Crippen LogP contribution is 2.28. The highest BCUT2D eigenvalue weighted by Gasteiger charge is 2.23. The van der Waals surface area contributed by atoms with Gasteiger partial charge in [0, 0.05) is 11.8 Å². The van der Waals surface area contributed by atoms with Crippen LogP contribution in [0.25, 0.3) is 0 Å². The molecule has 0 aliphatic rings. The Kier molecular flexibility index (Phi) is 4.04. The summed E-state index contributed by atoms with van der Waals surface area (Å²) in [7, 11) is 0. The SMILES string of the molecule is N[C@H](c1ccnc(Cl)n1)C(O)c1cc(F)ccc1F. The molecule has 2 aromatic rings. The lowest BCUT2D eigenvalue weighted by Gasteiger charge is -2.19. The molecular formula is C12H10ClF2N3O. The summed E-state index contributed by atoms with van der Waals surface area (Å²) in [6.45, 7) is 0. The molecule has 0 aliphatic carbocycles. The van der Waals surface area contributed by atoms with E-state index in [1.165, 1.54) is 12.3 Å². The van der Waals surface area contributed by atoms with Gasteiger partial charge in [-0.1, -0.05) is 0 Å². The Morgan fingerprint density at radius 2 is 2.00 bits per heavy atom. The first-order valence-electron chi connectivity index (χ1n) is 5.36. The Morgan fingerprint density at radius 1 is 1.26 bits per heavy atom. The van der Waals surface area contributed by atoms with Crippen molar-refractivity contribution in [2.45, 2.75) is 12.1 Å². The van der Waals surface area contributed by atoms with Gasteiger partial charge in [-0.2, -0.15) is 0 Å². The average molecular weight is 286 g/mol. The zero-order chi connectivity index (χ0) is 14.0. The van der Waals surface area contributed by atoms with E-state index >= 15 is 0 Å². The van der Waals surface area contributed by atoms with Gasteiger partial charge in [-0.25, -0.2) is 18.7 Å². The molecule has 1 aromatic carbocycles. The minimum Gasteiger partial charge on any atom is -0.386 e. The van der Waals surface area contributed by atoms with Crippen LogP contribution in [0.2, 0.25) is 5.28 Å². The third-order valence-corrected chi connectivity index (χ3v) is 2.79. The predicted octanol–water partition coefficient (Wildman–Crippen LogP) is 2.14. The molecule has 0 saturated heterocycles. The summed E-state index contributed by atoms with van der Waals surface area (Å²) in [5.41, 5.74) is 5.77. The Bertz CT molecular complexity index is 597. The van der Waals surface area contributed by atoms with E-state index in [1.807, 2.05) is 0 Å². The van der Waals surface area contributed by atoms with E-state index in [-0.39, 0.29) is 16.5 Å². The first kappa shape index (κ1) is 13.8. The van der Waals surface area contributed by atoms with Crippen LogP contribution in [0.15, 0.2) is 30.5 Å². The smallest absolute Gasteiger partial charge is 0.222 e. The lowest BCUT2D eigenvalue weighted by Crippen LogP contribution is -2.22. The summed E-state index contributed by atoms with van der Waals surface area (Å²) in [5.74, 6) is -1.41. The van der Waals surface area contributed by atoms with Gasteiger partial charge in [0.2, 0.25) is 5.28 Å². The number of nitrogens with two attached hydrogens (primary N) is 1. The molecule has 2 atom stereocenters. The molecule has 1 heterocycles. The van der Waals surface area contributed by atoms with Gasteiger partial charge in [0.25, 0.3) is 0 Å². The summed E-state index contributed by atoms with van der Waals surface area (Å²) in [6, 6.07) is 3.17. The van der Waals surface area contributed by atoms with Gasteiger partial charge in [-0.15, -0.1) is 0 Å². The monoisotopic (exact) mass is 285 g/mol. The number of aromatic nitrogens is 2. The topological polar surface area (TPSA) is 72.0 Å². The van der Waals surface area contributed by atoms with E-state index in [4.69, 9.17) is 17.3 Å². The predicted molar refractivity (Wildman–Crippen MR) is 65.3 cm³/mol. The number of halogens is 3. The van der Waals surface area contributed by atoms with Crippen LogP contribution >= 0.6 is 11.6 Å². The molecule has 1 unspecified atom stereocenters. The highest BCUT2D eigenvalue weighted by molar-refractivity contribution is 6.28. The molecule has 0 spiro atoms. The fourth-order valence-corrected chi connectivity index (χ4v) is 1.78. The van der Waals surface area contributed by atoms with Crippen LogP contribution in [-0.4, -0.2) is 15.1 Å². The molecule has 0 amide bonds. The average Bonchev–Trinajstić information content (AvgIpc) is 2.40. The molecule has 0 saturated carbocycles. The van der Waals surface area contributed by atoms with Crippen molar-refractivity contribution in [2.75, 3.05) is 0 Å². The van der Waals surface area contributed by atoms with Crippen LogP contribution in [-0.2, 0) is 0 Å².